The van der Waals surface area contributed by atoms with Crippen LogP contribution in [0.5, 0.6) is 0 Å². The SMILES string of the molecule is C=CSC(CI)C(C)=O. The van der Waals surface area contributed by atoms with Gasteiger partial charge in [-0.3, -0.25) is 4.79 Å². The number of rotatable bonds is 4. The van der Waals surface area contributed by atoms with E-state index >= 15 is 0 Å². The summed E-state index contributed by atoms with van der Waals surface area (Å²) in [5, 5.41) is 1.83. The van der Waals surface area contributed by atoms with Crippen molar-refractivity contribution in [2.24, 2.45) is 0 Å². The Morgan fingerprint density at radius 1 is 2.00 bits per heavy atom. The van der Waals surface area contributed by atoms with Crippen LogP contribution < -0.4 is 0 Å². The average molecular weight is 256 g/mol. The van der Waals surface area contributed by atoms with Crippen LogP contribution in [0, 0.1) is 0 Å². The lowest BCUT2D eigenvalue weighted by molar-refractivity contribution is -0.116. The summed E-state index contributed by atoms with van der Waals surface area (Å²) < 4.78 is 0.865. The molecule has 0 aliphatic heterocycles. The Kier molecular flexibility index (Phi) is 5.58. The summed E-state index contributed by atoms with van der Waals surface area (Å²) in [5.41, 5.74) is 0. The average Bonchev–Trinajstić information content (AvgIpc) is 1.82. The molecule has 0 amide bonds. The predicted octanol–water partition coefficient (Wildman–Crippen LogP) is 2.26. The Morgan fingerprint density at radius 3 is 2.67 bits per heavy atom. The lowest BCUT2D eigenvalue weighted by Gasteiger charge is -2.03. The van der Waals surface area contributed by atoms with Gasteiger partial charge in [-0.05, 0) is 12.3 Å². The molecule has 1 atom stereocenters. The van der Waals surface area contributed by atoms with Crippen LogP contribution in [-0.2, 0) is 4.79 Å². The molecule has 1 nitrogen and oxygen atoms in total. The van der Waals surface area contributed by atoms with E-state index in [-0.39, 0.29) is 11.0 Å². The molecule has 0 aromatic carbocycles. The van der Waals surface area contributed by atoms with Gasteiger partial charge in [0.05, 0.1) is 5.25 Å². The Balaban J connectivity index is 3.67. The van der Waals surface area contributed by atoms with Crippen molar-refractivity contribution in [1.29, 1.82) is 0 Å². The first kappa shape index (κ1) is 9.49. The maximum Gasteiger partial charge on any atom is 0.143 e. The van der Waals surface area contributed by atoms with Crippen LogP contribution in [0.2, 0.25) is 0 Å². The van der Waals surface area contributed by atoms with Gasteiger partial charge in [-0.2, -0.15) is 0 Å². The van der Waals surface area contributed by atoms with Gasteiger partial charge in [0.1, 0.15) is 5.78 Å². The summed E-state index contributed by atoms with van der Waals surface area (Å²) in [6.07, 6.45) is 0. The number of ketones is 1. The van der Waals surface area contributed by atoms with Crippen molar-refractivity contribution in [2.45, 2.75) is 12.2 Å². The highest BCUT2D eigenvalue weighted by molar-refractivity contribution is 14.1. The molecular formula is C6H9IOS. The van der Waals surface area contributed by atoms with Gasteiger partial charge in [-0.25, -0.2) is 0 Å². The molecule has 0 rings (SSSR count). The zero-order chi connectivity index (χ0) is 7.28. The summed E-state index contributed by atoms with van der Waals surface area (Å²) >= 11 is 3.69. The molecule has 0 heterocycles. The van der Waals surface area contributed by atoms with E-state index in [1.165, 1.54) is 11.8 Å². The Hall–Kier alpha value is 0.490. The number of halogens is 1. The molecule has 0 N–H and O–H groups in total. The number of thioether (sulfide) groups is 1. The third-order valence-corrected chi connectivity index (χ3v) is 3.35. The van der Waals surface area contributed by atoms with Crippen molar-refractivity contribution in [3.05, 3.63) is 12.0 Å². The van der Waals surface area contributed by atoms with Gasteiger partial charge in [-0.15, -0.1) is 11.8 Å². The first-order chi connectivity index (χ1) is 4.22. The van der Waals surface area contributed by atoms with Crippen molar-refractivity contribution < 1.29 is 4.79 Å². The normalized spacial score (nSPS) is 12.7. The van der Waals surface area contributed by atoms with Crippen molar-refractivity contribution in [3.8, 4) is 0 Å². The Labute approximate surface area is 73.4 Å². The third-order valence-electron chi connectivity index (χ3n) is 0.854. The van der Waals surface area contributed by atoms with Gasteiger partial charge in [0, 0.05) is 4.43 Å². The number of hydrogen-bond acceptors (Lipinski definition) is 2. The lowest BCUT2D eigenvalue weighted by Crippen LogP contribution is -2.13. The van der Waals surface area contributed by atoms with Gasteiger partial charge >= 0.3 is 0 Å². The molecule has 0 aromatic heterocycles. The second-order valence-corrected chi connectivity index (χ2v) is 3.61. The maximum absolute atomic E-state index is 10.7. The van der Waals surface area contributed by atoms with Crippen LogP contribution in [0.25, 0.3) is 0 Å². The highest BCUT2D eigenvalue weighted by Gasteiger charge is 2.09. The van der Waals surface area contributed by atoms with Crippen molar-refractivity contribution in [2.75, 3.05) is 4.43 Å². The maximum atomic E-state index is 10.7. The second-order valence-electron chi connectivity index (χ2n) is 1.56. The number of alkyl halides is 1. The smallest absolute Gasteiger partial charge is 0.143 e. The zero-order valence-electron chi connectivity index (χ0n) is 5.26. The highest BCUT2D eigenvalue weighted by Crippen LogP contribution is 2.14. The zero-order valence-corrected chi connectivity index (χ0v) is 8.24. The molecule has 9 heavy (non-hydrogen) atoms. The molecule has 52 valence electrons. The minimum absolute atomic E-state index is 0.114. The monoisotopic (exact) mass is 256 g/mol. The van der Waals surface area contributed by atoms with Gasteiger partial charge in [-0.1, -0.05) is 29.2 Å². The minimum Gasteiger partial charge on any atom is -0.299 e. The van der Waals surface area contributed by atoms with Crippen molar-refractivity contribution in [1.82, 2.24) is 0 Å². The standard InChI is InChI=1S/C6H9IOS/c1-3-9-6(4-7)5(2)8/h3,6H,1,4H2,2H3. The fraction of sp³-hybridized carbons (Fsp3) is 0.500. The van der Waals surface area contributed by atoms with Crippen LogP contribution in [0.3, 0.4) is 0 Å². The van der Waals surface area contributed by atoms with Gasteiger partial charge < -0.3 is 0 Å². The summed E-state index contributed by atoms with van der Waals surface area (Å²) in [6.45, 7) is 5.15. The van der Waals surface area contributed by atoms with Gasteiger partial charge in [0.25, 0.3) is 0 Å². The van der Waals surface area contributed by atoms with Crippen LogP contribution in [0.4, 0.5) is 0 Å². The molecule has 0 fully saturated rings. The Morgan fingerprint density at radius 2 is 2.56 bits per heavy atom. The molecule has 0 aliphatic carbocycles. The first-order valence-electron chi connectivity index (χ1n) is 2.55. The highest BCUT2D eigenvalue weighted by atomic mass is 127. The van der Waals surface area contributed by atoms with E-state index < -0.39 is 0 Å². The molecule has 0 bridgehead atoms. The van der Waals surface area contributed by atoms with E-state index in [0.717, 1.165) is 4.43 Å². The predicted molar refractivity (Wildman–Crippen MR) is 51.1 cm³/mol. The quantitative estimate of drug-likeness (QED) is 0.567. The molecule has 3 heteroatoms. The fourth-order valence-electron chi connectivity index (χ4n) is 0.357. The molecule has 0 saturated carbocycles. The van der Waals surface area contributed by atoms with E-state index in [4.69, 9.17) is 0 Å². The van der Waals surface area contributed by atoms with E-state index in [9.17, 15) is 4.79 Å². The molecule has 1 unspecified atom stereocenters. The molecular weight excluding hydrogens is 247 g/mol. The van der Waals surface area contributed by atoms with Gasteiger partial charge in [0.2, 0.25) is 0 Å². The topological polar surface area (TPSA) is 17.1 Å². The van der Waals surface area contributed by atoms with Crippen LogP contribution >= 0.6 is 34.4 Å². The third kappa shape index (κ3) is 3.97. The summed E-state index contributed by atoms with van der Waals surface area (Å²) in [6, 6.07) is 0. The van der Waals surface area contributed by atoms with E-state index in [1.54, 1.807) is 12.3 Å². The molecule has 0 radical (unpaired) electrons. The second kappa shape index (κ2) is 5.29. The molecule has 0 aromatic rings. The fourth-order valence-corrected chi connectivity index (χ4v) is 2.10. The molecule has 0 saturated heterocycles. The van der Waals surface area contributed by atoms with Crippen molar-refractivity contribution >= 4 is 40.1 Å². The van der Waals surface area contributed by atoms with E-state index in [1.807, 2.05) is 0 Å². The first-order valence-corrected chi connectivity index (χ1v) is 5.02. The van der Waals surface area contributed by atoms with E-state index in [0.29, 0.717) is 0 Å². The molecule has 0 aliphatic rings. The number of hydrogen-bond donors (Lipinski definition) is 0. The van der Waals surface area contributed by atoms with Crippen LogP contribution in [0.1, 0.15) is 6.92 Å². The minimum atomic E-state index is 0.114. The summed E-state index contributed by atoms with van der Waals surface area (Å²) in [7, 11) is 0. The Bertz CT molecular complexity index is 114. The summed E-state index contributed by atoms with van der Waals surface area (Å²) in [4.78, 5) is 10.7. The van der Waals surface area contributed by atoms with Crippen LogP contribution in [-0.4, -0.2) is 15.5 Å². The van der Waals surface area contributed by atoms with E-state index in [2.05, 4.69) is 29.2 Å². The number of carbonyl (C=O) groups excluding carboxylic acids is 1. The van der Waals surface area contributed by atoms with Gasteiger partial charge in [0.15, 0.2) is 0 Å². The van der Waals surface area contributed by atoms with Crippen LogP contribution in [0.15, 0.2) is 12.0 Å². The van der Waals surface area contributed by atoms with Crippen molar-refractivity contribution in [3.63, 3.8) is 0 Å². The number of Topliss-reactive ketones (excluding diaryl/α,β-unsaturated/α-hetero) is 1. The lowest BCUT2D eigenvalue weighted by atomic mass is 10.3. The molecule has 0 spiro atoms. The largest absolute Gasteiger partial charge is 0.299 e. The summed E-state index contributed by atoms with van der Waals surface area (Å²) in [5.74, 6) is 0.231. The number of carbonyl (C=O) groups is 1.